The van der Waals surface area contributed by atoms with Crippen LogP contribution in [0.5, 0.6) is 0 Å². The zero-order chi connectivity index (χ0) is 13.0. The average Bonchev–Trinajstić information content (AvgIpc) is 2.80. The van der Waals surface area contributed by atoms with Crippen LogP contribution in [0.15, 0.2) is 12.2 Å². The van der Waals surface area contributed by atoms with E-state index in [2.05, 4.69) is 26.0 Å². The number of hydrogen-bond acceptors (Lipinski definition) is 0. The van der Waals surface area contributed by atoms with Gasteiger partial charge < -0.3 is 0 Å². The molecule has 8 atom stereocenters. The number of rotatable bonds is 0. The Bertz CT molecular complexity index is 368. The van der Waals surface area contributed by atoms with Crippen molar-refractivity contribution in [2.24, 2.45) is 47.3 Å². The molecule has 0 spiro atoms. The van der Waals surface area contributed by atoms with Crippen molar-refractivity contribution < 1.29 is 0 Å². The third-order valence-electron chi connectivity index (χ3n) is 7.41. The van der Waals surface area contributed by atoms with E-state index in [1.54, 1.807) is 12.8 Å². The second-order valence-corrected chi connectivity index (χ2v) is 8.33. The molecule has 4 aliphatic carbocycles. The van der Waals surface area contributed by atoms with Crippen LogP contribution in [0, 0.1) is 47.3 Å². The highest BCUT2D eigenvalue weighted by atomic mass is 14.5. The topological polar surface area (TPSA) is 0 Å². The van der Waals surface area contributed by atoms with Crippen LogP contribution in [-0.4, -0.2) is 0 Å². The number of allylic oxidation sites excluding steroid dienone is 2. The van der Waals surface area contributed by atoms with Crippen molar-refractivity contribution in [1.29, 1.82) is 0 Å². The summed E-state index contributed by atoms with van der Waals surface area (Å²) in [5.74, 6) is 8.17. The molecule has 19 heavy (non-hydrogen) atoms. The zero-order valence-corrected chi connectivity index (χ0v) is 12.7. The van der Waals surface area contributed by atoms with Gasteiger partial charge in [0.05, 0.1) is 0 Å². The molecular weight excluding hydrogens is 228 g/mol. The van der Waals surface area contributed by atoms with E-state index in [9.17, 15) is 0 Å². The smallest absolute Gasteiger partial charge is 0.0171 e. The summed E-state index contributed by atoms with van der Waals surface area (Å²) in [5, 5.41) is 0. The first-order valence-corrected chi connectivity index (χ1v) is 8.92. The molecule has 0 amide bonds. The molecule has 0 aromatic rings. The van der Waals surface area contributed by atoms with Crippen LogP contribution in [0.2, 0.25) is 0 Å². The van der Waals surface area contributed by atoms with Gasteiger partial charge in [0.25, 0.3) is 0 Å². The fourth-order valence-corrected chi connectivity index (χ4v) is 6.43. The largest absolute Gasteiger partial charge is 0.0848 e. The number of fused-ring (bicyclic) bond motifs is 5. The Morgan fingerprint density at radius 2 is 1.37 bits per heavy atom. The van der Waals surface area contributed by atoms with Crippen molar-refractivity contribution >= 4 is 0 Å². The lowest BCUT2D eigenvalue weighted by Gasteiger charge is -2.50. The molecule has 106 valence electrons. The predicted molar refractivity (Wildman–Crippen MR) is 80.7 cm³/mol. The van der Waals surface area contributed by atoms with E-state index >= 15 is 0 Å². The van der Waals surface area contributed by atoms with Gasteiger partial charge in [-0.2, -0.15) is 0 Å². The highest BCUT2D eigenvalue weighted by molar-refractivity contribution is 5.11. The quantitative estimate of drug-likeness (QED) is 0.517. The van der Waals surface area contributed by atoms with Crippen LogP contribution in [0.3, 0.4) is 0 Å². The molecule has 0 heteroatoms. The average molecular weight is 258 g/mol. The lowest BCUT2D eigenvalue weighted by molar-refractivity contribution is 0.0348. The molecule has 0 heterocycles. The Balaban J connectivity index is 1.59. The van der Waals surface area contributed by atoms with E-state index in [0.29, 0.717) is 0 Å². The minimum absolute atomic E-state index is 0.945. The van der Waals surface area contributed by atoms with Gasteiger partial charge in [0, 0.05) is 0 Å². The summed E-state index contributed by atoms with van der Waals surface area (Å²) in [6.07, 6.45) is 16.0. The molecule has 0 bridgehead atoms. The van der Waals surface area contributed by atoms with Crippen molar-refractivity contribution in [2.75, 3.05) is 0 Å². The summed E-state index contributed by atoms with van der Waals surface area (Å²) < 4.78 is 0. The second-order valence-electron chi connectivity index (χ2n) is 8.33. The van der Waals surface area contributed by atoms with E-state index < -0.39 is 0 Å². The van der Waals surface area contributed by atoms with E-state index in [4.69, 9.17) is 0 Å². The predicted octanol–water partition coefficient (Wildman–Crippen LogP) is 5.30. The lowest BCUT2D eigenvalue weighted by Crippen LogP contribution is -2.42. The fraction of sp³-hybridized carbons (Fsp3) is 0.895. The van der Waals surface area contributed by atoms with Gasteiger partial charge in [-0.05, 0) is 79.4 Å². The minimum Gasteiger partial charge on any atom is -0.0848 e. The Morgan fingerprint density at radius 3 is 2.26 bits per heavy atom. The molecule has 0 nitrogen and oxygen atoms in total. The van der Waals surface area contributed by atoms with Gasteiger partial charge in [-0.15, -0.1) is 0 Å². The first-order chi connectivity index (χ1) is 9.24. The highest BCUT2D eigenvalue weighted by Gasteiger charge is 2.48. The van der Waals surface area contributed by atoms with Crippen LogP contribution in [0.4, 0.5) is 0 Å². The Labute approximate surface area is 119 Å². The highest BCUT2D eigenvalue weighted by Crippen LogP contribution is 2.57. The molecule has 0 aromatic carbocycles. The second kappa shape index (κ2) is 4.64. The Kier molecular flexibility index (Phi) is 3.05. The standard InChI is InChI=1S/C19H30/c1-12-3-6-16-14(11-12)5-8-19-17-7-4-13(2)15(17)9-10-18(16)19/h5,8,12-19H,3-4,6-7,9-11H2,1-2H3. The van der Waals surface area contributed by atoms with E-state index in [1.165, 1.54) is 32.1 Å². The van der Waals surface area contributed by atoms with Gasteiger partial charge >= 0.3 is 0 Å². The summed E-state index contributed by atoms with van der Waals surface area (Å²) in [5.41, 5.74) is 0. The van der Waals surface area contributed by atoms with Crippen molar-refractivity contribution in [3.8, 4) is 0 Å². The third-order valence-corrected chi connectivity index (χ3v) is 7.41. The summed E-state index contributed by atoms with van der Waals surface area (Å²) in [6.45, 7) is 4.98. The molecule has 0 radical (unpaired) electrons. The maximum atomic E-state index is 2.69. The van der Waals surface area contributed by atoms with Crippen LogP contribution in [0.1, 0.15) is 58.8 Å². The molecule has 0 aliphatic heterocycles. The van der Waals surface area contributed by atoms with Crippen LogP contribution >= 0.6 is 0 Å². The van der Waals surface area contributed by atoms with Gasteiger partial charge in [-0.25, -0.2) is 0 Å². The van der Waals surface area contributed by atoms with Gasteiger partial charge in [-0.3, -0.25) is 0 Å². The first kappa shape index (κ1) is 12.5. The van der Waals surface area contributed by atoms with Crippen molar-refractivity contribution in [3.63, 3.8) is 0 Å². The molecule has 4 aliphatic rings. The monoisotopic (exact) mass is 258 g/mol. The van der Waals surface area contributed by atoms with E-state index in [0.717, 1.165) is 47.3 Å². The van der Waals surface area contributed by atoms with E-state index in [-0.39, 0.29) is 0 Å². The molecular formula is C19H30. The van der Waals surface area contributed by atoms with Crippen molar-refractivity contribution in [3.05, 3.63) is 12.2 Å². The summed E-state index contributed by atoms with van der Waals surface area (Å²) in [4.78, 5) is 0. The summed E-state index contributed by atoms with van der Waals surface area (Å²) in [7, 11) is 0. The SMILES string of the molecule is CC1CCC2C(C=CC3C4CCC(C)C4CCC32)C1. The van der Waals surface area contributed by atoms with Crippen LogP contribution < -0.4 is 0 Å². The molecule has 3 saturated carbocycles. The van der Waals surface area contributed by atoms with Gasteiger partial charge in [0.1, 0.15) is 0 Å². The minimum atomic E-state index is 0.945. The maximum absolute atomic E-state index is 2.69. The maximum Gasteiger partial charge on any atom is -0.0171 e. The fourth-order valence-electron chi connectivity index (χ4n) is 6.43. The number of hydrogen-bond donors (Lipinski definition) is 0. The van der Waals surface area contributed by atoms with Crippen molar-refractivity contribution in [2.45, 2.75) is 58.8 Å². The van der Waals surface area contributed by atoms with Crippen molar-refractivity contribution in [1.82, 2.24) is 0 Å². The lowest BCUT2D eigenvalue weighted by atomic mass is 9.55. The zero-order valence-electron chi connectivity index (χ0n) is 12.7. The molecule has 0 saturated heterocycles. The molecule has 8 unspecified atom stereocenters. The van der Waals surface area contributed by atoms with Gasteiger partial charge in [-0.1, -0.05) is 38.8 Å². The first-order valence-electron chi connectivity index (χ1n) is 8.92. The summed E-state index contributed by atoms with van der Waals surface area (Å²) >= 11 is 0. The van der Waals surface area contributed by atoms with E-state index in [1.807, 2.05) is 0 Å². The molecule has 3 fully saturated rings. The normalized spacial score (nSPS) is 56.3. The Hall–Kier alpha value is -0.260. The van der Waals surface area contributed by atoms with Gasteiger partial charge in [0.15, 0.2) is 0 Å². The molecule has 4 rings (SSSR count). The van der Waals surface area contributed by atoms with Crippen LogP contribution in [0.25, 0.3) is 0 Å². The molecule has 0 aromatic heterocycles. The van der Waals surface area contributed by atoms with Crippen LogP contribution in [-0.2, 0) is 0 Å². The van der Waals surface area contributed by atoms with Gasteiger partial charge in [0.2, 0.25) is 0 Å². The Morgan fingerprint density at radius 1 is 0.684 bits per heavy atom. The molecule has 0 N–H and O–H groups in total. The third kappa shape index (κ3) is 1.93. The summed E-state index contributed by atoms with van der Waals surface area (Å²) in [6, 6.07) is 0.